The molecule has 16 aromatic rings. The van der Waals surface area contributed by atoms with E-state index in [9.17, 15) is 0 Å². The van der Waals surface area contributed by atoms with Gasteiger partial charge in [0.15, 0.2) is 0 Å². The molecule has 0 saturated carbocycles. The Hall–Kier alpha value is -13.0. The molecule has 8 aliphatic heterocycles. The summed E-state index contributed by atoms with van der Waals surface area (Å²) in [7, 11) is 0. The summed E-state index contributed by atoms with van der Waals surface area (Å²) in [5.74, 6) is 0. The number of benzene rings is 12. The number of para-hydroxylation sites is 9. The quantitative estimate of drug-likeness (QED) is 0.142. The zero-order valence-electron chi connectivity index (χ0n) is 86.5. The highest BCUT2D eigenvalue weighted by molar-refractivity contribution is 6.01. The third-order valence-corrected chi connectivity index (χ3v) is 21.9. The van der Waals surface area contributed by atoms with Crippen molar-refractivity contribution in [3.05, 3.63) is 391 Å². The van der Waals surface area contributed by atoms with Gasteiger partial charge in [0, 0.05) is 115 Å². The van der Waals surface area contributed by atoms with E-state index in [-0.39, 0.29) is 24.2 Å². The number of H-pyrrole nitrogens is 3. The van der Waals surface area contributed by atoms with Gasteiger partial charge in [0.1, 0.15) is 12.1 Å². The van der Waals surface area contributed by atoms with Crippen LogP contribution < -0.4 is 19.6 Å². The molecule has 132 heavy (non-hydrogen) atoms. The molecule has 8 nitrogen and oxygen atoms in total. The molecule has 0 aliphatic carbocycles. The topological polar surface area (TPSA) is 65.3 Å². The predicted octanol–water partition coefficient (Wildman–Crippen LogP) is 39.8. The van der Waals surface area contributed by atoms with Gasteiger partial charge < -0.3 is 39.1 Å². The maximum absolute atomic E-state index is 3.53. The Labute approximate surface area is 800 Å². The molecule has 12 aromatic carbocycles. The monoisotopic (exact) mass is 1760 g/mol. The second-order valence-electron chi connectivity index (χ2n) is 26.8. The maximum Gasteiger partial charge on any atom is 0.101 e. The molecule has 0 spiro atoms. The van der Waals surface area contributed by atoms with Crippen LogP contribution in [0.15, 0.2) is 346 Å². The van der Waals surface area contributed by atoms with Gasteiger partial charge in [-0.1, -0.05) is 458 Å². The van der Waals surface area contributed by atoms with Crippen molar-refractivity contribution in [3.63, 3.8) is 0 Å². The number of rotatable bonds is 0. The largest absolute Gasteiger partial charge is 0.367 e. The summed E-state index contributed by atoms with van der Waals surface area (Å²) in [5.41, 5.74) is 40.5. The molecular weight excluding hydrogens is 1600 g/mol. The van der Waals surface area contributed by atoms with E-state index in [0.29, 0.717) is 0 Å². The first-order valence-corrected chi connectivity index (χ1v) is 50.7. The van der Waals surface area contributed by atoms with E-state index in [2.05, 4.69) is 386 Å². The van der Waals surface area contributed by atoms with Crippen molar-refractivity contribution in [1.29, 1.82) is 0 Å². The third kappa shape index (κ3) is 21.4. The van der Waals surface area contributed by atoms with Crippen LogP contribution in [0.5, 0.6) is 0 Å². The third-order valence-electron chi connectivity index (χ3n) is 21.9. The smallest absolute Gasteiger partial charge is 0.101 e. The Morgan fingerprint density at radius 1 is 0.174 bits per heavy atom. The van der Waals surface area contributed by atoms with Gasteiger partial charge in [-0.05, 0) is 123 Å². The number of nitrogens with zero attached hydrogens (tertiary/aromatic N) is 5. The summed E-state index contributed by atoms with van der Waals surface area (Å²) in [4.78, 5) is 20.3. The van der Waals surface area contributed by atoms with Crippen LogP contribution in [-0.2, 0) is 0 Å². The molecule has 4 aromatic heterocycles. The molecule has 4 atom stereocenters. The molecule has 0 saturated heterocycles. The molecule has 4 unspecified atom stereocenters. The molecular formula is C124H160N8. The molecule has 3 N–H and O–H groups in total. The van der Waals surface area contributed by atoms with E-state index in [1.54, 1.807) is 0 Å². The Balaban J connectivity index is 0.000000282. The van der Waals surface area contributed by atoms with Crippen LogP contribution in [0.25, 0.3) is 83.7 Å². The summed E-state index contributed by atoms with van der Waals surface area (Å²) >= 11 is 0. The fourth-order valence-electron chi connectivity index (χ4n) is 17.9. The number of anilines is 8. The van der Waals surface area contributed by atoms with Crippen molar-refractivity contribution in [2.75, 3.05) is 19.6 Å². The van der Waals surface area contributed by atoms with E-state index < -0.39 is 0 Å². The highest BCUT2D eigenvalue weighted by Crippen LogP contribution is 2.61. The van der Waals surface area contributed by atoms with Gasteiger partial charge in [-0.2, -0.15) is 0 Å². The average molecular weight is 1760 g/mol. The van der Waals surface area contributed by atoms with Gasteiger partial charge in [-0.3, -0.25) is 0 Å². The maximum atomic E-state index is 3.53. The second-order valence-corrected chi connectivity index (χ2v) is 26.8. The van der Waals surface area contributed by atoms with Crippen LogP contribution in [0.3, 0.4) is 0 Å². The highest BCUT2D eigenvalue weighted by Gasteiger charge is 2.44. The summed E-state index contributed by atoms with van der Waals surface area (Å²) in [6.45, 7) is 64.0. The zero-order valence-corrected chi connectivity index (χ0v) is 86.5. The average Bonchev–Trinajstić information content (AvgIpc) is 1.25. The van der Waals surface area contributed by atoms with Crippen LogP contribution in [-0.4, -0.2) is 19.5 Å². The first-order chi connectivity index (χ1) is 65.7. The summed E-state index contributed by atoms with van der Waals surface area (Å²) in [5, 5.41) is 0. The minimum absolute atomic E-state index is 0.186. The Kier molecular flexibility index (Phi) is 48.0. The van der Waals surface area contributed by atoms with Crippen LogP contribution in [0.2, 0.25) is 0 Å². The van der Waals surface area contributed by atoms with Crippen molar-refractivity contribution >= 4 is 45.5 Å². The van der Waals surface area contributed by atoms with Crippen molar-refractivity contribution in [2.24, 2.45) is 0 Å². The fourth-order valence-corrected chi connectivity index (χ4v) is 17.9. The Morgan fingerprint density at radius 3 is 0.803 bits per heavy atom. The van der Waals surface area contributed by atoms with E-state index in [1.165, 1.54) is 174 Å². The van der Waals surface area contributed by atoms with Crippen molar-refractivity contribution in [3.8, 4) is 83.7 Å². The summed E-state index contributed by atoms with van der Waals surface area (Å²) in [6, 6.07) is 115. The van der Waals surface area contributed by atoms with Gasteiger partial charge in [0.2, 0.25) is 0 Å². The fraction of sp³-hybridized carbons (Fsp3) is 0.290. The minimum atomic E-state index is 0.186. The molecule has 696 valence electrons. The Morgan fingerprint density at radius 2 is 0.432 bits per heavy atom. The number of hydrogen-bond donors (Lipinski definition) is 3. The van der Waals surface area contributed by atoms with Gasteiger partial charge in [-0.25, -0.2) is 0 Å². The lowest BCUT2D eigenvalue weighted by molar-refractivity contribution is 0.724. The van der Waals surface area contributed by atoms with Crippen molar-refractivity contribution in [1.82, 2.24) is 19.5 Å². The molecule has 0 bridgehead atoms. The van der Waals surface area contributed by atoms with Gasteiger partial charge in [0.25, 0.3) is 0 Å². The lowest BCUT2D eigenvalue weighted by Gasteiger charge is -2.44. The van der Waals surface area contributed by atoms with E-state index in [4.69, 9.17) is 0 Å². The predicted molar refractivity (Wildman–Crippen MR) is 589 cm³/mol. The molecule has 8 aliphatic rings. The molecule has 8 heteroatoms. The lowest BCUT2D eigenvalue weighted by Crippen LogP contribution is -2.34. The molecule has 24 rings (SSSR count). The number of hydrogen-bond acceptors (Lipinski definition) is 4. The first kappa shape index (κ1) is 109. The molecule has 0 amide bonds. The van der Waals surface area contributed by atoms with Crippen molar-refractivity contribution < 1.29 is 0 Å². The normalized spacial score (nSPS) is 13.1. The minimum Gasteiger partial charge on any atom is -0.367 e. The van der Waals surface area contributed by atoms with E-state index in [0.717, 1.165) is 0 Å². The second kappa shape index (κ2) is 57.9. The SMILES string of the molecule is CC.CC.CC.CC.CC.CC.CC.CC.CC.CC.CC.CC.CC.CC.CC.CC.c1ccc2c(c1)-c1ccccc1N1c3ccccc3-c3[nH]ccc3C21.c1ccc2c(c1)-c1ccccc1N1c3ccccc3-c3c[nH]cc3C21.c1ccc2c(c1)-c1ccccc1N1c3ccccc3-c3cc[nH]c3C21.c1ccc2c(c1)-c1ccccc1N1c3ccccc3-n3cccc3C21. The van der Waals surface area contributed by atoms with Gasteiger partial charge >= 0.3 is 0 Å². The van der Waals surface area contributed by atoms with Crippen LogP contribution >= 0.6 is 0 Å². The van der Waals surface area contributed by atoms with Gasteiger partial charge in [0.05, 0.1) is 57.6 Å². The highest BCUT2D eigenvalue weighted by atomic mass is 15.3. The molecule has 0 radical (unpaired) electrons. The van der Waals surface area contributed by atoms with E-state index >= 15 is 0 Å². The van der Waals surface area contributed by atoms with Crippen molar-refractivity contribution in [2.45, 2.75) is 246 Å². The van der Waals surface area contributed by atoms with E-state index in [1.807, 2.05) is 222 Å². The lowest BCUT2D eigenvalue weighted by atomic mass is 9.80. The zero-order chi connectivity index (χ0) is 97.5. The number of aromatic amines is 3. The number of aromatic nitrogens is 4. The van der Waals surface area contributed by atoms with Gasteiger partial charge in [-0.15, -0.1) is 0 Å². The number of nitrogens with one attached hydrogen (secondary N) is 3. The first-order valence-electron chi connectivity index (χ1n) is 50.7. The Bertz CT molecular complexity index is 5210. The van der Waals surface area contributed by atoms with Crippen LogP contribution in [0.4, 0.5) is 45.5 Å². The number of fused-ring (bicyclic) bond motifs is 44. The van der Waals surface area contributed by atoms with Crippen LogP contribution in [0.1, 0.15) is 290 Å². The standard InChI is InChI=1S/4C23H16N2.16C2H6/c1-2-10-18-15(7-1)16-8-3-5-11-21(16)25-22-12-6-4-9-17(22)19-13-24-14-20(19)23(18)25;1-2-10-19-15(7-1)16-8-3-5-11-20(16)25-21-12-6-4-9-17(21)18-13-14-24-22(18)23(19)25;1-2-9-17-15(7-1)16-8-3-5-11-20(16)25-21-12-6-4-10-18(21)22-19(23(17)25)13-14-24-22;1-2-10-18-16(8-1)17-9-3-4-11-19(17)25-21-13-6-5-12-20(21)24-15-7-14-22(24)23(18)25;16*1-2/h3*1-14,23-24H;1-15,23H;16*1-2H3. The summed E-state index contributed by atoms with van der Waals surface area (Å²) < 4.78 is 2.33. The van der Waals surface area contributed by atoms with Crippen LogP contribution in [0, 0.1) is 0 Å². The molecule has 0 fully saturated rings. The summed E-state index contributed by atoms with van der Waals surface area (Å²) in [6.07, 6.45) is 10.6. The molecule has 12 heterocycles.